The van der Waals surface area contributed by atoms with Crippen LogP contribution in [-0.2, 0) is 0 Å². The molecule has 2 aromatic carbocycles. The van der Waals surface area contributed by atoms with Gasteiger partial charge in [0.2, 0.25) is 0 Å². The molecule has 0 unspecified atom stereocenters. The number of carbonyl (C=O) groups excluding carboxylic acids is 1. The Morgan fingerprint density at radius 3 is 2.80 bits per heavy atom. The standard InChI is InChI=1S/C15H11BrClFOS/c1-9-3-2-4-10(7-9)20-8-13(19)11-5-6-12(16)14(17)15(11)18/h2-7H,8H2,1H3. The molecule has 0 bridgehead atoms. The molecule has 0 N–H and O–H groups in total. The lowest BCUT2D eigenvalue weighted by atomic mass is 10.1. The van der Waals surface area contributed by atoms with Crippen molar-refractivity contribution in [1.82, 2.24) is 0 Å². The Balaban J connectivity index is 2.11. The third-order valence-electron chi connectivity index (χ3n) is 2.70. The molecule has 0 aliphatic heterocycles. The molecule has 0 spiro atoms. The van der Waals surface area contributed by atoms with Gasteiger partial charge in [0.05, 0.1) is 16.3 Å². The number of Topliss-reactive ketones (excluding diaryl/α,β-unsaturated/α-hetero) is 1. The van der Waals surface area contributed by atoms with Crippen LogP contribution in [0, 0.1) is 12.7 Å². The van der Waals surface area contributed by atoms with E-state index in [2.05, 4.69) is 15.9 Å². The average molecular weight is 374 g/mol. The molecular weight excluding hydrogens is 363 g/mol. The van der Waals surface area contributed by atoms with E-state index >= 15 is 0 Å². The van der Waals surface area contributed by atoms with Crippen molar-refractivity contribution in [2.75, 3.05) is 5.75 Å². The smallest absolute Gasteiger partial charge is 0.176 e. The van der Waals surface area contributed by atoms with Gasteiger partial charge in [-0.25, -0.2) is 4.39 Å². The normalized spacial score (nSPS) is 10.6. The van der Waals surface area contributed by atoms with Crippen molar-refractivity contribution in [3.05, 3.63) is 62.8 Å². The fourth-order valence-corrected chi connectivity index (χ4v) is 3.04. The van der Waals surface area contributed by atoms with E-state index in [1.54, 1.807) is 6.07 Å². The highest BCUT2D eigenvalue weighted by atomic mass is 79.9. The maximum atomic E-state index is 13.9. The van der Waals surface area contributed by atoms with Crippen molar-refractivity contribution >= 4 is 45.1 Å². The van der Waals surface area contributed by atoms with Crippen LogP contribution in [0.3, 0.4) is 0 Å². The number of hydrogen-bond acceptors (Lipinski definition) is 2. The summed E-state index contributed by atoms with van der Waals surface area (Å²) in [6.45, 7) is 1.99. The zero-order chi connectivity index (χ0) is 14.7. The molecule has 0 radical (unpaired) electrons. The highest BCUT2D eigenvalue weighted by Crippen LogP contribution is 2.29. The summed E-state index contributed by atoms with van der Waals surface area (Å²) in [5, 5.41) is -0.0589. The molecule has 0 aliphatic carbocycles. The average Bonchev–Trinajstić information content (AvgIpc) is 2.42. The van der Waals surface area contributed by atoms with Gasteiger partial charge in [-0.15, -0.1) is 11.8 Å². The molecule has 0 fully saturated rings. The number of hydrogen-bond donors (Lipinski definition) is 0. The van der Waals surface area contributed by atoms with Crippen LogP contribution in [0.1, 0.15) is 15.9 Å². The van der Waals surface area contributed by atoms with Crippen molar-refractivity contribution in [2.24, 2.45) is 0 Å². The van der Waals surface area contributed by atoms with Crippen molar-refractivity contribution in [3.8, 4) is 0 Å². The first kappa shape index (κ1) is 15.5. The molecule has 0 atom stereocenters. The number of rotatable bonds is 4. The van der Waals surface area contributed by atoms with E-state index in [-0.39, 0.29) is 22.1 Å². The van der Waals surface area contributed by atoms with Crippen molar-refractivity contribution < 1.29 is 9.18 Å². The predicted octanol–water partition coefficient (Wildman–Crippen LogP) is 5.53. The molecule has 0 heterocycles. The summed E-state index contributed by atoms with van der Waals surface area (Å²) < 4.78 is 14.4. The van der Waals surface area contributed by atoms with Crippen LogP contribution < -0.4 is 0 Å². The van der Waals surface area contributed by atoms with E-state index in [0.717, 1.165) is 10.5 Å². The first-order chi connectivity index (χ1) is 9.49. The van der Waals surface area contributed by atoms with Gasteiger partial charge >= 0.3 is 0 Å². The topological polar surface area (TPSA) is 17.1 Å². The summed E-state index contributed by atoms with van der Waals surface area (Å²) in [7, 11) is 0. The second-order valence-electron chi connectivity index (χ2n) is 4.25. The second kappa shape index (κ2) is 6.74. The monoisotopic (exact) mass is 372 g/mol. The van der Waals surface area contributed by atoms with Crippen LogP contribution in [0.5, 0.6) is 0 Å². The third-order valence-corrected chi connectivity index (χ3v) is 4.95. The number of benzene rings is 2. The minimum atomic E-state index is -0.670. The molecule has 2 rings (SSSR count). The molecular formula is C15H11BrClFOS. The Labute approximate surface area is 134 Å². The van der Waals surface area contributed by atoms with Gasteiger partial charge in [-0.3, -0.25) is 4.79 Å². The molecule has 0 amide bonds. The molecule has 2 aromatic rings. The van der Waals surface area contributed by atoms with E-state index in [1.165, 1.54) is 17.8 Å². The Morgan fingerprint density at radius 1 is 1.35 bits per heavy atom. The lowest BCUT2D eigenvalue weighted by molar-refractivity contribution is 0.101. The molecule has 0 aliphatic rings. The molecule has 0 aromatic heterocycles. The van der Waals surface area contributed by atoms with Gasteiger partial charge in [0.1, 0.15) is 0 Å². The molecule has 104 valence electrons. The van der Waals surface area contributed by atoms with E-state index < -0.39 is 5.82 Å². The Bertz CT molecular complexity index is 660. The Morgan fingerprint density at radius 2 is 2.10 bits per heavy atom. The summed E-state index contributed by atoms with van der Waals surface area (Å²) in [6, 6.07) is 10.9. The SMILES string of the molecule is Cc1cccc(SCC(=O)c2ccc(Br)c(Cl)c2F)c1. The number of ketones is 1. The second-order valence-corrected chi connectivity index (χ2v) is 6.53. The summed E-state index contributed by atoms with van der Waals surface area (Å²) in [5.74, 6) is -0.766. The van der Waals surface area contributed by atoms with Crippen LogP contribution in [0.4, 0.5) is 4.39 Å². The number of aryl methyl sites for hydroxylation is 1. The van der Waals surface area contributed by atoms with Gasteiger partial charge in [-0.1, -0.05) is 29.3 Å². The first-order valence-electron chi connectivity index (χ1n) is 5.85. The maximum Gasteiger partial charge on any atom is 0.176 e. The number of carbonyl (C=O) groups is 1. The van der Waals surface area contributed by atoms with Crippen molar-refractivity contribution in [1.29, 1.82) is 0 Å². The van der Waals surface area contributed by atoms with Crippen LogP contribution in [-0.4, -0.2) is 11.5 Å². The lowest BCUT2D eigenvalue weighted by Gasteiger charge is -2.06. The molecule has 0 saturated carbocycles. The van der Waals surface area contributed by atoms with Gasteiger partial charge < -0.3 is 0 Å². The van der Waals surface area contributed by atoms with E-state index in [9.17, 15) is 9.18 Å². The molecule has 5 heteroatoms. The largest absolute Gasteiger partial charge is 0.293 e. The van der Waals surface area contributed by atoms with Gasteiger partial charge in [-0.2, -0.15) is 0 Å². The minimum absolute atomic E-state index is 0.0263. The quantitative estimate of drug-likeness (QED) is 0.398. The summed E-state index contributed by atoms with van der Waals surface area (Å²) >= 11 is 10.3. The van der Waals surface area contributed by atoms with Crippen molar-refractivity contribution in [3.63, 3.8) is 0 Å². The lowest BCUT2D eigenvalue weighted by Crippen LogP contribution is -2.06. The summed E-state index contributed by atoms with van der Waals surface area (Å²) in [5.41, 5.74) is 1.15. The summed E-state index contributed by atoms with van der Waals surface area (Å²) in [4.78, 5) is 13.0. The van der Waals surface area contributed by atoms with Crippen LogP contribution >= 0.6 is 39.3 Å². The minimum Gasteiger partial charge on any atom is -0.293 e. The van der Waals surface area contributed by atoms with E-state index in [1.807, 2.05) is 31.2 Å². The fourth-order valence-electron chi connectivity index (χ4n) is 1.67. The Kier molecular flexibility index (Phi) is 5.24. The molecule has 20 heavy (non-hydrogen) atoms. The highest BCUT2D eigenvalue weighted by molar-refractivity contribution is 9.10. The third kappa shape index (κ3) is 3.62. The van der Waals surface area contributed by atoms with Gasteiger partial charge in [0.25, 0.3) is 0 Å². The molecule has 0 saturated heterocycles. The maximum absolute atomic E-state index is 13.9. The highest BCUT2D eigenvalue weighted by Gasteiger charge is 2.16. The Hall–Kier alpha value is -0.840. The predicted molar refractivity (Wildman–Crippen MR) is 85.3 cm³/mol. The van der Waals surface area contributed by atoms with Crippen LogP contribution in [0.15, 0.2) is 45.8 Å². The van der Waals surface area contributed by atoms with Crippen molar-refractivity contribution in [2.45, 2.75) is 11.8 Å². The fraction of sp³-hybridized carbons (Fsp3) is 0.133. The van der Waals surface area contributed by atoms with Crippen LogP contribution in [0.25, 0.3) is 0 Å². The van der Waals surface area contributed by atoms with E-state index in [4.69, 9.17) is 11.6 Å². The van der Waals surface area contributed by atoms with Crippen LogP contribution in [0.2, 0.25) is 5.02 Å². The van der Waals surface area contributed by atoms with Gasteiger partial charge in [-0.05, 0) is 47.1 Å². The summed E-state index contributed by atoms with van der Waals surface area (Å²) in [6.07, 6.45) is 0. The van der Waals surface area contributed by atoms with E-state index in [0.29, 0.717) is 4.47 Å². The van der Waals surface area contributed by atoms with Gasteiger partial charge in [0.15, 0.2) is 11.6 Å². The zero-order valence-corrected chi connectivity index (χ0v) is 13.8. The zero-order valence-electron chi connectivity index (χ0n) is 10.6. The van der Waals surface area contributed by atoms with Gasteiger partial charge in [0, 0.05) is 9.37 Å². The number of halogens is 3. The number of thioether (sulfide) groups is 1. The molecule has 1 nitrogen and oxygen atoms in total. The first-order valence-corrected chi connectivity index (χ1v) is 8.01.